The molecule has 1 aliphatic rings. The monoisotopic (exact) mass is 667 g/mol. The fourth-order valence-corrected chi connectivity index (χ4v) is 6.67. The van der Waals surface area contributed by atoms with Gasteiger partial charge in [0.2, 0.25) is 0 Å². The molecule has 10 heteroatoms. The minimum Gasteiger partial charge on any atom is -0.444 e. The second-order valence-corrected chi connectivity index (χ2v) is 13.8. The summed E-state index contributed by atoms with van der Waals surface area (Å²) in [6, 6.07) is 20.2. The standard InChI is InChI=1S/C40H41N7O3/c1-24-30(9-6-11-32(24)45-37-35-27(14-16-41-37)19-26(23-48)21-43-35)31-10-7-12-33(25(31)2)46-38-36-28(15-17-42-38)20-29(22-44-36)34-13-8-18-47(34)39(49)50-40(3,4)5/h6-7,9-12,14-17,19-22,34,48H,8,13,18,23H2,1-5H3,(H,41,45)(H,42,46). The van der Waals surface area contributed by atoms with E-state index in [2.05, 4.69) is 63.7 Å². The fourth-order valence-electron chi connectivity index (χ4n) is 6.67. The Morgan fingerprint density at radius 2 is 1.42 bits per heavy atom. The van der Waals surface area contributed by atoms with Crippen LogP contribution in [0.4, 0.5) is 27.8 Å². The van der Waals surface area contributed by atoms with E-state index in [0.717, 1.165) is 79.4 Å². The number of carbonyl (C=O) groups is 1. The number of hydrogen-bond acceptors (Lipinski definition) is 9. The fraction of sp³-hybridized carbons (Fsp3) is 0.275. The molecule has 0 radical (unpaired) electrons. The molecule has 4 aromatic heterocycles. The number of aromatic nitrogens is 4. The van der Waals surface area contributed by atoms with Gasteiger partial charge in [0.05, 0.1) is 12.6 Å². The van der Waals surface area contributed by atoms with Gasteiger partial charge in [0.15, 0.2) is 11.6 Å². The Kier molecular flexibility index (Phi) is 8.80. The first-order valence-electron chi connectivity index (χ1n) is 16.9. The van der Waals surface area contributed by atoms with E-state index in [0.29, 0.717) is 18.2 Å². The van der Waals surface area contributed by atoms with Gasteiger partial charge in [0.1, 0.15) is 16.6 Å². The number of nitrogens with zero attached hydrogens (tertiary/aromatic N) is 5. The van der Waals surface area contributed by atoms with Crippen LogP contribution < -0.4 is 10.6 Å². The molecule has 0 saturated carbocycles. The molecule has 2 aromatic carbocycles. The number of fused-ring (bicyclic) bond motifs is 2. The third-order valence-corrected chi connectivity index (χ3v) is 9.19. The lowest BCUT2D eigenvalue weighted by molar-refractivity contribution is 0.0224. The van der Waals surface area contributed by atoms with E-state index in [9.17, 15) is 9.90 Å². The zero-order valence-electron chi connectivity index (χ0n) is 29.0. The molecular weight excluding hydrogens is 626 g/mol. The van der Waals surface area contributed by atoms with Crippen LogP contribution in [0.1, 0.15) is 61.9 Å². The van der Waals surface area contributed by atoms with E-state index < -0.39 is 5.60 Å². The maximum absolute atomic E-state index is 13.0. The maximum atomic E-state index is 13.0. The molecule has 1 fully saturated rings. The van der Waals surface area contributed by atoms with Crippen LogP contribution in [0, 0.1) is 13.8 Å². The Balaban J connectivity index is 1.16. The number of rotatable bonds is 7. The van der Waals surface area contributed by atoms with Crippen molar-refractivity contribution < 1.29 is 14.6 Å². The van der Waals surface area contributed by atoms with Crippen LogP contribution in [-0.2, 0) is 11.3 Å². The highest BCUT2D eigenvalue weighted by Crippen LogP contribution is 2.38. The Bertz CT molecular complexity index is 2230. The number of aliphatic hydroxyl groups excluding tert-OH is 1. The Morgan fingerprint density at radius 3 is 2.00 bits per heavy atom. The van der Waals surface area contributed by atoms with Crippen LogP contribution in [0.3, 0.4) is 0 Å². The Morgan fingerprint density at radius 1 is 0.840 bits per heavy atom. The van der Waals surface area contributed by atoms with Crippen LogP contribution in [0.5, 0.6) is 0 Å². The molecule has 10 nitrogen and oxygen atoms in total. The number of pyridine rings is 4. The zero-order chi connectivity index (χ0) is 35.0. The first-order chi connectivity index (χ1) is 24.1. The third-order valence-electron chi connectivity index (χ3n) is 9.19. The smallest absolute Gasteiger partial charge is 0.410 e. The van der Waals surface area contributed by atoms with Gasteiger partial charge in [-0.3, -0.25) is 9.97 Å². The number of ether oxygens (including phenoxy) is 1. The van der Waals surface area contributed by atoms with Gasteiger partial charge >= 0.3 is 6.09 Å². The summed E-state index contributed by atoms with van der Waals surface area (Å²) in [7, 11) is 0. The van der Waals surface area contributed by atoms with E-state index in [1.807, 2.05) is 68.3 Å². The number of likely N-dealkylation sites (tertiary alicyclic amines) is 1. The van der Waals surface area contributed by atoms with Crippen molar-refractivity contribution in [3.05, 3.63) is 108 Å². The van der Waals surface area contributed by atoms with Crippen molar-refractivity contribution in [2.24, 2.45) is 0 Å². The molecule has 1 unspecified atom stereocenters. The van der Waals surface area contributed by atoms with Crippen LogP contribution in [0.25, 0.3) is 32.9 Å². The Hall–Kier alpha value is -5.61. The van der Waals surface area contributed by atoms with E-state index in [4.69, 9.17) is 9.72 Å². The van der Waals surface area contributed by atoms with E-state index in [-0.39, 0.29) is 18.7 Å². The van der Waals surface area contributed by atoms with Crippen molar-refractivity contribution in [3.63, 3.8) is 0 Å². The minimum atomic E-state index is -0.550. The van der Waals surface area contributed by atoms with Crippen LogP contribution >= 0.6 is 0 Å². The van der Waals surface area contributed by atoms with E-state index in [1.54, 1.807) is 18.6 Å². The predicted octanol–water partition coefficient (Wildman–Crippen LogP) is 8.91. The summed E-state index contributed by atoms with van der Waals surface area (Å²) in [6.07, 6.45) is 8.57. The highest BCUT2D eigenvalue weighted by atomic mass is 16.6. The summed E-state index contributed by atoms with van der Waals surface area (Å²) < 4.78 is 5.69. The van der Waals surface area contributed by atoms with Gasteiger partial charge in [0.25, 0.3) is 0 Å². The summed E-state index contributed by atoms with van der Waals surface area (Å²) in [5.41, 5.74) is 8.87. The van der Waals surface area contributed by atoms with Crippen molar-refractivity contribution in [1.29, 1.82) is 0 Å². The molecule has 5 heterocycles. The van der Waals surface area contributed by atoms with Crippen molar-refractivity contribution in [1.82, 2.24) is 24.8 Å². The number of anilines is 4. The summed E-state index contributed by atoms with van der Waals surface area (Å²) in [4.78, 5) is 33.5. The van der Waals surface area contributed by atoms with Gasteiger partial charge in [-0.15, -0.1) is 0 Å². The SMILES string of the molecule is Cc1c(Nc2nccc3cc(CO)cnc23)cccc1-c1cccc(Nc2nccc3cc(C4CCCN4C(=O)OC(C)(C)C)cnc23)c1C. The summed E-state index contributed by atoms with van der Waals surface area (Å²) >= 11 is 0. The molecular formula is C40H41N7O3. The van der Waals surface area contributed by atoms with Crippen molar-refractivity contribution in [2.75, 3.05) is 17.2 Å². The van der Waals surface area contributed by atoms with E-state index in [1.165, 1.54) is 0 Å². The lowest BCUT2D eigenvalue weighted by atomic mass is 9.94. The molecule has 254 valence electrons. The van der Waals surface area contributed by atoms with Crippen LogP contribution in [0.2, 0.25) is 0 Å². The summed E-state index contributed by atoms with van der Waals surface area (Å²) in [5, 5.41) is 18.5. The molecule has 0 aliphatic carbocycles. The first kappa shape index (κ1) is 32.9. The average Bonchev–Trinajstić information content (AvgIpc) is 3.60. The molecule has 0 spiro atoms. The highest BCUT2D eigenvalue weighted by molar-refractivity contribution is 5.93. The van der Waals surface area contributed by atoms with Crippen molar-refractivity contribution in [2.45, 2.75) is 65.7 Å². The minimum absolute atomic E-state index is 0.0624. The van der Waals surface area contributed by atoms with E-state index >= 15 is 0 Å². The van der Waals surface area contributed by atoms with Gasteiger partial charge < -0.3 is 25.4 Å². The number of amides is 1. The number of carbonyl (C=O) groups excluding carboxylic acids is 1. The summed E-state index contributed by atoms with van der Waals surface area (Å²) in [5.74, 6) is 1.32. The molecule has 7 rings (SSSR count). The lowest BCUT2D eigenvalue weighted by Crippen LogP contribution is -2.36. The number of benzene rings is 2. The van der Waals surface area contributed by atoms with Gasteiger partial charge in [-0.05, 0) is 117 Å². The number of nitrogens with one attached hydrogen (secondary N) is 2. The maximum Gasteiger partial charge on any atom is 0.410 e. The second kappa shape index (κ2) is 13.4. The van der Waals surface area contributed by atoms with Gasteiger partial charge in [-0.1, -0.05) is 24.3 Å². The highest BCUT2D eigenvalue weighted by Gasteiger charge is 2.33. The van der Waals surface area contributed by atoms with Gasteiger partial charge in [-0.2, -0.15) is 0 Å². The molecule has 50 heavy (non-hydrogen) atoms. The normalized spacial score (nSPS) is 14.7. The van der Waals surface area contributed by atoms with Crippen molar-refractivity contribution in [3.8, 4) is 11.1 Å². The first-order valence-corrected chi connectivity index (χ1v) is 16.9. The third kappa shape index (κ3) is 6.54. The topological polar surface area (TPSA) is 125 Å². The molecule has 1 saturated heterocycles. The Labute approximate surface area is 291 Å². The predicted molar refractivity (Wildman–Crippen MR) is 198 cm³/mol. The van der Waals surface area contributed by atoms with Gasteiger partial charge in [0, 0.05) is 53.5 Å². The molecule has 3 N–H and O–H groups in total. The zero-order valence-corrected chi connectivity index (χ0v) is 29.0. The molecule has 1 amide bonds. The van der Waals surface area contributed by atoms with Crippen molar-refractivity contribution >= 4 is 50.9 Å². The second-order valence-electron chi connectivity index (χ2n) is 13.8. The van der Waals surface area contributed by atoms with Crippen LogP contribution in [-0.4, -0.2) is 48.2 Å². The molecule has 1 aliphatic heterocycles. The largest absolute Gasteiger partial charge is 0.444 e. The molecule has 6 aromatic rings. The quantitative estimate of drug-likeness (QED) is 0.153. The lowest BCUT2D eigenvalue weighted by Gasteiger charge is -2.28. The summed E-state index contributed by atoms with van der Waals surface area (Å²) in [6.45, 7) is 10.5. The molecule has 0 bridgehead atoms. The average molecular weight is 668 g/mol. The van der Waals surface area contributed by atoms with Gasteiger partial charge in [-0.25, -0.2) is 14.8 Å². The van der Waals surface area contributed by atoms with Crippen LogP contribution in [0.15, 0.2) is 85.5 Å². The number of hydrogen-bond donors (Lipinski definition) is 3. The number of aliphatic hydroxyl groups is 1. The molecule has 1 atom stereocenters.